The van der Waals surface area contributed by atoms with Crippen molar-refractivity contribution in [3.8, 4) is 0 Å². The van der Waals surface area contributed by atoms with E-state index in [1.807, 2.05) is 0 Å². The summed E-state index contributed by atoms with van der Waals surface area (Å²) in [6.45, 7) is 0. The molecule has 1 fully saturated rings. The average molecular weight is 269 g/mol. The van der Waals surface area contributed by atoms with Gasteiger partial charge in [0.25, 0.3) is 5.91 Å². The van der Waals surface area contributed by atoms with Crippen LogP contribution in [0.25, 0.3) is 0 Å². The van der Waals surface area contributed by atoms with Crippen LogP contribution in [0, 0.1) is 0 Å². The molecule has 7 heteroatoms. The van der Waals surface area contributed by atoms with Crippen molar-refractivity contribution in [3.63, 3.8) is 0 Å². The number of hydrogen-bond acceptors (Lipinski definition) is 5. The molecule has 1 aromatic heterocycles. The number of anilines is 1. The summed E-state index contributed by atoms with van der Waals surface area (Å²) in [5.41, 5.74) is 5.61. The van der Waals surface area contributed by atoms with E-state index in [1.165, 1.54) is 6.42 Å². The fourth-order valence-corrected chi connectivity index (χ4v) is 2.75. The number of nitrogens with zero attached hydrogens (tertiary/aromatic N) is 1. The van der Waals surface area contributed by atoms with E-state index >= 15 is 0 Å². The molecule has 1 heterocycles. The highest BCUT2D eigenvalue weighted by atomic mass is 32.1. The first-order valence-electron chi connectivity index (χ1n) is 5.89. The number of aromatic nitrogens is 1. The summed E-state index contributed by atoms with van der Waals surface area (Å²) in [5.74, 6) is -1.52. The van der Waals surface area contributed by atoms with Crippen LogP contribution in [0.15, 0.2) is 0 Å². The largest absolute Gasteiger partial charge is 0.477 e. The molecule has 1 aromatic rings. The molecule has 1 aliphatic rings. The number of hydrogen-bond donors (Lipinski definition) is 3. The number of carboxylic acid groups (broad SMARTS) is 1. The molecule has 0 radical (unpaired) electrons. The molecule has 0 spiro atoms. The van der Waals surface area contributed by atoms with E-state index in [1.54, 1.807) is 0 Å². The van der Waals surface area contributed by atoms with Gasteiger partial charge in [-0.05, 0) is 24.4 Å². The molecule has 4 N–H and O–H groups in total. The monoisotopic (exact) mass is 269 g/mol. The Bertz CT molecular complexity index is 466. The number of nitrogens with one attached hydrogen (secondary N) is 1. The highest BCUT2D eigenvalue weighted by Crippen LogP contribution is 2.23. The summed E-state index contributed by atoms with van der Waals surface area (Å²) in [6, 6.07) is 0.153. The standard InChI is InChI=1S/C11H15N3O3S/c12-7-8(14-18-9(7)11(16)17)10(15)13-6-4-2-1-3-5-6/h6H,1-5,12H2,(H,13,15)(H,16,17). The van der Waals surface area contributed by atoms with Gasteiger partial charge in [-0.25, -0.2) is 4.79 Å². The highest BCUT2D eigenvalue weighted by Gasteiger charge is 2.24. The molecule has 98 valence electrons. The molecule has 0 bridgehead atoms. The van der Waals surface area contributed by atoms with Crippen molar-refractivity contribution in [3.05, 3.63) is 10.6 Å². The minimum Gasteiger partial charge on any atom is -0.477 e. The first-order valence-corrected chi connectivity index (χ1v) is 6.66. The zero-order valence-corrected chi connectivity index (χ0v) is 10.6. The Labute approximate surface area is 108 Å². The van der Waals surface area contributed by atoms with E-state index in [-0.39, 0.29) is 28.2 Å². The molecule has 0 aromatic carbocycles. The second-order valence-corrected chi connectivity index (χ2v) is 5.16. The third kappa shape index (κ3) is 2.61. The van der Waals surface area contributed by atoms with Crippen LogP contribution >= 0.6 is 11.5 Å². The highest BCUT2D eigenvalue weighted by molar-refractivity contribution is 7.08. The molecule has 2 rings (SSSR count). The Morgan fingerprint density at radius 3 is 2.56 bits per heavy atom. The van der Waals surface area contributed by atoms with E-state index in [4.69, 9.17) is 10.8 Å². The second kappa shape index (κ2) is 5.34. The summed E-state index contributed by atoms with van der Waals surface area (Å²) in [7, 11) is 0. The second-order valence-electron chi connectivity index (χ2n) is 4.39. The van der Waals surface area contributed by atoms with E-state index in [9.17, 15) is 9.59 Å². The summed E-state index contributed by atoms with van der Waals surface area (Å²) >= 11 is 0.739. The maximum atomic E-state index is 11.9. The lowest BCUT2D eigenvalue weighted by Gasteiger charge is -2.22. The van der Waals surface area contributed by atoms with Gasteiger partial charge in [-0.15, -0.1) is 0 Å². The van der Waals surface area contributed by atoms with Crippen LogP contribution < -0.4 is 11.1 Å². The van der Waals surface area contributed by atoms with Crippen molar-refractivity contribution in [2.45, 2.75) is 38.1 Å². The van der Waals surface area contributed by atoms with Crippen molar-refractivity contribution in [1.29, 1.82) is 0 Å². The van der Waals surface area contributed by atoms with Crippen LogP contribution in [-0.4, -0.2) is 27.4 Å². The van der Waals surface area contributed by atoms with Gasteiger partial charge in [0, 0.05) is 6.04 Å². The minimum absolute atomic E-state index is 0.0305. The molecule has 6 nitrogen and oxygen atoms in total. The summed E-state index contributed by atoms with van der Waals surface area (Å²) < 4.78 is 3.83. The zero-order valence-electron chi connectivity index (χ0n) is 9.81. The molecule has 18 heavy (non-hydrogen) atoms. The molecule has 0 aliphatic heterocycles. The Morgan fingerprint density at radius 2 is 2.00 bits per heavy atom. The van der Waals surface area contributed by atoms with Gasteiger partial charge in [-0.3, -0.25) is 4.79 Å². The number of carbonyl (C=O) groups excluding carboxylic acids is 1. The van der Waals surface area contributed by atoms with Crippen molar-refractivity contribution in [2.75, 3.05) is 5.73 Å². The van der Waals surface area contributed by atoms with E-state index in [0.29, 0.717) is 0 Å². The predicted molar refractivity (Wildman–Crippen MR) is 67.8 cm³/mol. The maximum Gasteiger partial charge on any atom is 0.349 e. The SMILES string of the molecule is Nc1c(C(=O)NC2CCCCC2)nsc1C(=O)O. The van der Waals surface area contributed by atoms with Gasteiger partial charge < -0.3 is 16.2 Å². The lowest BCUT2D eigenvalue weighted by molar-refractivity contribution is 0.0703. The van der Waals surface area contributed by atoms with Crippen LogP contribution in [0.5, 0.6) is 0 Å². The topological polar surface area (TPSA) is 105 Å². The van der Waals surface area contributed by atoms with Crippen LogP contribution in [0.4, 0.5) is 5.69 Å². The Kier molecular flexibility index (Phi) is 3.81. The van der Waals surface area contributed by atoms with Gasteiger partial charge in [0.05, 0.1) is 5.69 Å². The molecule has 0 saturated heterocycles. The zero-order chi connectivity index (χ0) is 13.1. The number of nitrogen functional groups attached to an aromatic ring is 1. The van der Waals surface area contributed by atoms with Crippen molar-refractivity contribution in [1.82, 2.24) is 9.69 Å². The number of amides is 1. The molecular formula is C11H15N3O3S. The fraction of sp³-hybridized carbons (Fsp3) is 0.545. The van der Waals surface area contributed by atoms with Crippen LogP contribution in [0.2, 0.25) is 0 Å². The fourth-order valence-electron chi connectivity index (χ4n) is 2.12. The van der Waals surface area contributed by atoms with Crippen molar-refractivity contribution < 1.29 is 14.7 Å². The summed E-state index contributed by atoms with van der Waals surface area (Å²) in [5, 5.41) is 11.7. The van der Waals surface area contributed by atoms with Crippen LogP contribution in [0.1, 0.15) is 52.3 Å². The Morgan fingerprint density at radius 1 is 1.33 bits per heavy atom. The number of carboxylic acids is 1. The van der Waals surface area contributed by atoms with E-state index in [2.05, 4.69) is 9.69 Å². The molecule has 0 unspecified atom stereocenters. The van der Waals surface area contributed by atoms with Gasteiger partial charge in [0.1, 0.15) is 0 Å². The normalized spacial score (nSPS) is 16.4. The Hall–Kier alpha value is -1.63. The predicted octanol–water partition coefficient (Wildman–Crippen LogP) is 1.49. The molecular weight excluding hydrogens is 254 g/mol. The average Bonchev–Trinajstić information content (AvgIpc) is 2.72. The van der Waals surface area contributed by atoms with Gasteiger partial charge >= 0.3 is 5.97 Å². The van der Waals surface area contributed by atoms with E-state index < -0.39 is 5.97 Å². The number of aromatic carboxylic acids is 1. The third-order valence-corrected chi connectivity index (χ3v) is 3.93. The number of rotatable bonds is 3. The van der Waals surface area contributed by atoms with Gasteiger partial charge in [0.15, 0.2) is 10.6 Å². The first-order chi connectivity index (χ1) is 8.59. The van der Waals surface area contributed by atoms with Crippen LogP contribution in [0.3, 0.4) is 0 Å². The molecule has 1 amide bonds. The first kappa shape index (κ1) is 12.8. The van der Waals surface area contributed by atoms with Gasteiger partial charge in [-0.2, -0.15) is 4.37 Å². The van der Waals surface area contributed by atoms with Gasteiger partial charge in [-0.1, -0.05) is 19.3 Å². The third-order valence-electron chi connectivity index (χ3n) is 3.08. The van der Waals surface area contributed by atoms with Crippen molar-refractivity contribution in [2.24, 2.45) is 0 Å². The summed E-state index contributed by atoms with van der Waals surface area (Å²) in [6.07, 6.45) is 5.34. The van der Waals surface area contributed by atoms with Crippen LogP contribution in [-0.2, 0) is 0 Å². The number of carbonyl (C=O) groups is 2. The smallest absolute Gasteiger partial charge is 0.349 e. The minimum atomic E-state index is -1.15. The van der Waals surface area contributed by atoms with Crippen molar-refractivity contribution >= 4 is 29.1 Å². The lowest BCUT2D eigenvalue weighted by Crippen LogP contribution is -2.36. The Balaban J connectivity index is 2.06. The molecule has 1 aliphatic carbocycles. The molecule has 1 saturated carbocycles. The number of nitrogens with two attached hydrogens (primary N) is 1. The lowest BCUT2D eigenvalue weighted by atomic mass is 9.95. The maximum absolute atomic E-state index is 11.9. The summed E-state index contributed by atoms with van der Waals surface area (Å²) in [4.78, 5) is 22.7. The van der Waals surface area contributed by atoms with E-state index in [0.717, 1.165) is 37.2 Å². The van der Waals surface area contributed by atoms with Gasteiger partial charge in [0.2, 0.25) is 0 Å². The quantitative estimate of drug-likeness (QED) is 0.771. The molecule has 0 atom stereocenters.